The number of fused-ring (bicyclic) bond motifs is 1. The minimum Gasteiger partial charge on any atom is -0.381 e. The van der Waals surface area contributed by atoms with Gasteiger partial charge in [0.25, 0.3) is 0 Å². The molecule has 1 fully saturated rings. The number of sulfone groups is 1. The van der Waals surface area contributed by atoms with Crippen molar-refractivity contribution in [3.05, 3.63) is 47.0 Å². The second kappa shape index (κ2) is 8.41. The second-order valence-corrected chi connectivity index (χ2v) is 13.8. The van der Waals surface area contributed by atoms with Crippen LogP contribution in [0.5, 0.6) is 0 Å². The lowest BCUT2D eigenvalue weighted by Gasteiger charge is -2.49. The lowest BCUT2D eigenvalue weighted by Crippen LogP contribution is -2.45. The average Bonchev–Trinajstić information content (AvgIpc) is 3.27. The molecule has 176 valence electrons. The fraction of sp³-hybridized carbons (Fsp3) is 0.435. The molecule has 1 amide bonds. The van der Waals surface area contributed by atoms with Gasteiger partial charge in [0, 0.05) is 49.3 Å². The molecular formula is C23H28N4O4S2. The highest BCUT2D eigenvalue weighted by molar-refractivity contribution is 8.55. The number of nitrogens with zero attached hydrogens (tertiary/aromatic N) is 3. The first-order valence-electron chi connectivity index (χ1n) is 11.2. The summed E-state index contributed by atoms with van der Waals surface area (Å²) in [6.45, 7) is 3.14. The molecule has 8 nitrogen and oxygen atoms in total. The Morgan fingerprint density at radius 3 is 2.76 bits per heavy atom. The zero-order valence-corrected chi connectivity index (χ0v) is 20.4. The Bertz CT molecular complexity index is 1210. The van der Waals surface area contributed by atoms with Crippen LogP contribution in [0.25, 0.3) is 0 Å². The molecule has 2 atom stereocenters. The lowest BCUT2D eigenvalue weighted by atomic mass is 10.1. The summed E-state index contributed by atoms with van der Waals surface area (Å²) in [5.41, 5.74) is 3.41. The van der Waals surface area contributed by atoms with Gasteiger partial charge in [-0.05, 0) is 31.1 Å². The fourth-order valence-corrected chi connectivity index (χ4v) is 10.8. The minimum absolute atomic E-state index is 0.0237. The van der Waals surface area contributed by atoms with Crippen molar-refractivity contribution in [3.8, 4) is 0 Å². The van der Waals surface area contributed by atoms with Crippen molar-refractivity contribution in [1.29, 1.82) is 0 Å². The number of hydrogen-bond acceptors (Lipinski definition) is 7. The van der Waals surface area contributed by atoms with Crippen LogP contribution in [0.3, 0.4) is 0 Å². The van der Waals surface area contributed by atoms with Gasteiger partial charge < -0.3 is 15.0 Å². The molecule has 0 radical (unpaired) electrons. The van der Waals surface area contributed by atoms with Gasteiger partial charge in [0.15, 0.2) is 5.17 Å². The van der Waals surface area contributed by atoms with E-state index in [9.17, 15) is 13.2 Å². The van der Waals surface area contributed by atoms with E-state index in [2.05, 4.69) is 15.5 Å². The van der Waals surface area contributed by atoms with Crippen molar-refractivity contribution >= 4 is 42.2 Å². The Morgan fingerprint density at radius 1 is 1.24 bits per heavy atom. The van der Waals surface area contributed by atoms with E-state index in [1.54, 1.807) is 18.2 Å². The monoisotopic (exact) mass is 488 g/mol. The molecule has 0 spiro atoms. The van der Waals surface area contributed by atoms with Crippen molar-refractivity contribution in [3.63, 3.8) is 0 Å². The number of nitrogens with one attached hydrogen (secondary N) is 1. The molecule has 1 aliphatic carbocycles. The molecule has 10 heteroatoms. The Labute approximate surface area is 195 Å². The van der Waals surface area contributed by atoms with Gasteiger partial charge in [-0.25, -0.2) is 8.42 Å². The van der Waals surface area contributed by atoms with Crippen molar-refractivity contribution in [2.24, 2.45) is 10.2 Å². The lowest BCUT2D eigenvalue weighted by molar-refractivity contribution is -0.119. The fourth-order valence-electron chi connectivity index (χ4n) is 5.06. The number of carbonyl (C=O) groups excluding carboxylic acids is 1. The summed E-state index contributed by atoms with van der Waals surface area (Å²) in [5, 5.41) is 12.6. The van der Waals surface area contributed by atoms with Crippen LogP contribution in [0.4, 0.5) is 5.69 Å². The maximum absolute atomic E-state index is 13.4. The van der Waals surface area contributed by atoms with Gasteiger partial charge in [-0.15, -0.1) is 15.1 Å². The van der Waals surface area contributed by atoms with Gasteiger partial charge >= 0.3 is 0 Å². The number of amidine groups is 1. The molecule has 1 saturated heterocycles. The molecular weight excluding hydrogens is 460 g/mol. The van der Waals surface area contributed by atoms with Gasteiger partial charge in [0.05, 0.1) is 21.0 Å². The summed E-state index contributed by atoms with van der Waals surface area (Å²) >= 11 is 0. The predicted octanol–water partition coefficient (Wildman–Crippen LogP) is 3.27. The highest BCUT2D eigenvalue weighted by atomic mass is 32.3. The number of para-hydroxylation sites is 1. The number of benzene rings is 1. The van der Waals surface area contributed by atoms with E-state index in [-0.39, 0.29) is 16.4 Å². The van der Waals surface area contributed by atoms with E-state index < -0.39 is 19.9 Å². The molecule has 33 heavy (non-hydrogen) atoms. The average molecular weight is 489 g/mol. The molecule has 0 aromatic heterocycles. The zero-order chi connectivity index (χ0) is 23.2. The first-order valence-corrected chi connectivity index (χ1v) is 14.5. The maximum Gasteiger partial charge on any atom is 0.225 e. The molecule has 1 aromatic carbocycles. The van der Waals surface area contributed by atoms with Gasteiger partial charge in [0.1, 0.15) is 0 Å². The number of anilines is 1. The van der Waals surface area contributed by atoms with E-state index in [0.29, 0.717) is 46.7 Å². The van der Waals surface area contributed by atoms with Crippen LogP contribution >= 0.6 is 10.0 Å². The number of hydrogen-bond donors (Lipinski definition) is 1. The number of ether oxygens (including phenoxy) is 1. The second-order valence-electron chi connectivity index (χ2n) is 8.54. The zero-order valence-electron chi connectivity index (χ0n) is 18.7. The third kappa shape index (κ3) is 3.46. The minimum atomic E-state index is -3.60. The van der Waals surface area contributed by atoms with E-state index in [1.165, 1.54) is 0 Å². The highest BCUT2D eigenvalue weighted by Crippen LogP contribution is 2.63. The molecule has 4 aliphatic rings. The van der Waals surface area contributed by atoms with Gasteiger partial charge in [-0.2, -0.15) is 5.10 Å². The summed E-state index contributed by atoms with van der Waals surface area (Å²) in [7, 11) is -3.47. The van der Waals surface area contributed by atoms with Crippen LogP contribution in [-0.2, 0) is 19.4 Å². The highest BCUT2D eigenvalue weighted by Gasteiger charge is 2.48. The van der Waals surface area contributed by atoms with E-state index in [1.807, 2.05) is 42.6 Å². The Hall–Kier alpha value is -2.43. The molecule has 0 bridgehead atoms. The van der Waals surface area contributed by atoms with Crippen LogP contribution < -0.4 is 10.2 Å². The van der Waals surface area contributed by atoms with E-state index in [4.69, 9.17) is 4.74 Å². The van der Waals surface area contributed by atoms with Crippen LogP contribution in [0.1, 0.15) is 32.6 Å². The summed E-state index contributed by atoms with van der Waals surface area (Å²) in [6, 6.07) is 7.12. The molecule has 2 unspecified atom stereocenters. The Balaban J connectivity index is 1.57. The van der Waals surface area contributed by atoms with Gasteiger partial charge in [0.2, 0.25) is 15.7 Å². The molecule has 3 aliphatic heterocycles. The summed E-state index contributed by atoms with van der Waals surface area (Å²) < 4.78 is 32.4. The summed E-state index contributed by atoms with van der Waals surface area (Å²) in [4.78, 5) is 15.0. The first kappa shape index (κ1) is 22.4. The topological polar surface area (TPSA) is 100 Å². The number of allylic oxidation sites excluding steroid dienone is 2. The molecule has 1 N–H and O–H groups in total. The SMILES string of the molecule is CCC(=O)NC1=NN=CS1(C1C=CC2=C(C1)N(C)c1ccccc1S2(=O)=O)C1CCOCC1. The van der Waals surface area contributed by atoms with Crippen molar-refractivity contribution < 1.29 is 17.9 Å². The number of amides is 1. The normalized spacial score (nSPS) is 30.3. The van der Waals surface area contributed by atoms with Crippen LogP contribution in [0.2, 0.25) is 0 Å². The third-order valence-corrected chi connectivity index (χ3v) is 12.9. The van der Waals surface area contributed by atoms with Gasteiger partial charge in [-0.1, -0.05) is 25.1 Å². The Morgan fingerprint density at radius 2 is 2.00 bits per heavy atom. The molecule has 1 aromatic rings. The van der Waals surface area contributed by atoms with Crippen LogP contribution in [-0.4, -0.2) is 55.8 Å². The summed E-state index contributed by atoms with van der Waals surface area (Å²) in [6.07, 6.45) is 6.37. The van der Waals surface area contributed by atoms with Gasteiger partial charge in [-0.3, -0.25) is 4.79 Å². The summed E-state index contributed by atoms with van der Waals surface area (Å²) in [5.74, 6) is -0.0887. The molecule has 0 saturated carbocycles. The largest absolute Gasteiger partial charge is 0.381 e. The van der Waals surface area contributed by atoms with Crippen molar-refractivity contribution in [2.75, 3.05) is 25.2 Å². The Kier molecular flexibility index (Phi) is 5.70. The number of carbonyl (C=O) groups is 1. The van der Waals surface area contributed by atoms with E-state index >= 15 is 0 Å². The standard InChI is InChI=1S/C23H28N4O4S2/c1-3-22(28)25-23-26-24-15-32(23,16-10-12-31-13-11-16)17-8-9-21-19(14-17)27(2)18-6-4-5-7-20(18)33(21,29)30/h4-9,15-17H,3,10-14H2,1-2H3,(H,25,26,28). The quantitative estimate of drug-likeness (QED) is 0.704. The van der Waals surface area contributed by atoms with Crippen molar-refractivity contribution in [2.45, 2.75) is 48.0 Å². The van der Waals surface area contributed by atoms with Crippen LogP contribution in [0.15, 0.2) is 62.1 Å². The number of rotatable bonds is 3. The van der Waals surface area contributed by atoms with Crippen molar-refractivity contribution in [1.82, 2.24) is 5.32 Å². The smallest absolute Gasteiger partial charge is 0.225 e. The van der Waals surface area contributed by atoms with Crippen LogP contribution in [0, 0.1) is 0 Å². The first-order chi connectivity index (χ1) is 15.9. The third-order valence-electron chi connectivity index (χ3n) is 6.85. The maximum atomic E-state index is 13.4. The van der Waals surface area contributed by atoms with E-state index in [0.717, 1.165) is 18.5 Å². The predicted molar refractivity (Wildman–Crippen MR) is 132 cm³/mol. The molecule has 5 rings (SSSR count). The molecule has 3 heterocycles.